The predicted molar refractivity (Wildman–Crippen MR) is 42.1 cm³/mol. The zero-order valence-corrected chi connectivity index (χ0v) is 6.84. The van der Waals surface area contributed by atoms with Crippen LogP contribution in [0.15, 0.2) is 27.9 Å². The Balaban J connectivity index is 2.37. The summed E-state index contributed by atoms with van der Waals surface area (Å²) in [5.41, 5.74) is 0. The smallest absolute Gasteiger partial charge is 0.373 e. The number of carbonyl (C=O) groups is 2. The topological polar surface area (TPSA) is 67.5 Å². The van der Waals surface area contributed by atoms with Crippen LogP contribution in [0.5, 0.6) is 0 Å². The molecule has 1 aromatic heterocycles. The van der Waals surface area contributed by atoms with E-state index in [0.29, 0.717) is 5.09 Å². The fraction of sp³-hybridized carbons (Fsp3) is 0.143. The van der Waals surface area contributed by atoms with E-state index in [-0.39, 0.29) is 5.75 Å². The van der Waals surface area contributed by atoms with E-state index in [2.05, 4.69) is 0 Å². The molecule has 1 N–H and O–H groups in total. The number of hydrogen-bond donors (Lipinski definition) is 1. The number of aliphatic carboxylic acids is 1. The lowest BCUT2D eigenvalue weighted by molar-refractivity contribution is -0.147. The molecule has 1 aromatic rings. The summed E-state index contributed by atoms with van der Waals surface area (Å²) in [6, 6.07) is 3.34. The van der Waals surface area contributed by atoms with Gasteiger partial charge in [0.25, 0.3) is 0 Å². The first-order chi connectivity index (χ1) is 5.70. The Labute approximate surface area is 72.6 Å². The van der Waals surface area contributed by atoms with Crippen molar-refractivity contribution in [3.8, 4) is 0 Å². The van der Waals surface area contributed by atoms with Crippen molar-refractivity contribution >= 4 is 23.5 Å². The second-order valence-electron chi connectivity index (χ2n) is 1.95. The number of thioether (sulfide) groups is 1. The molecule has 0 radical (unpaired) electrons. The monoisotopic (exact) mass is 186 g/mol. The number of carboxylic acid groups (broad SMARTS) is 1. The molecule has 0 aliphatic heterocycles. The van der Waals surface area contributed by atoms with Crippen molar-refractivity contribution in [1.29, 1.82) is 0 Å². The Morgan fingerprint density at radius 1 is 1.58 bits per heavy atom. The second kappa shape index (κ2) is 3.96. The molecule has 0 amide bonds. The van der Waals surface area contributed by atoms with Crippen LogP contribution in [-0.4, -0.2) is 22.6 Å². The summed E-state index contributed by atoms with van der Waals surface area (Å²) in [4.78, 5) is 20.6. The van der Waals surface area contributed by atoms with Crippen molar-refractivity contribution in [2.75, 3.05) is 5.75 Å². The van der Waals surface area contributed by atoms with Crippen LogP contribution < -0.4 is 0 Å². The summed E-state index contributed by atoms with van der Waals surface area (Å²) in [7, 11) is 0. The van der Waals surface area contributed by atoms with E-state index in [1.807, 2.05) is 0 Å². The highest BCUT2D eigenvalue weighted by Crippen LogP contribution is 2.17. The summed E-state index contributed by atoms with van der Waals surface area (Å²) < 4.78 is 4.88. The van der Waals surface area contributed by atoms with Gasteiger partial charge in [0.1, 0.15) is 0 Å². The fourth-order valence-corrected chi connectivity index (χ4v) is 1.24. The number of rotatable bonds is 4. The summed E-state index contributed by atoms with van der Waals surface area (Å²) in [6.07, 6.45) is 1.47. The maximum absolute atomic E-state index is 10.6. The van der Waals surface area contributed by atoms with Gasteiger partial charge < -0.3 is 9.52 Å². The van der Waals surface area contributed by atoms with Crippen molar-refractivity contribution in [2.45, 2.75) is 5.09 Å². The molecule has 0 atom stereocenters. The number of hydrogen-bond acceptors (Lipinski definition) is 4. The lowest BCUT2D eigenvalue weighted by Crippen LogP contribution is -2.14. The standard InChI is InChI=1S/C7H6O4S/c8-5(7(9)10)4-12-6-2-1-3-11-6/h1-3H,4H2,(H,9,10). The molecule has 0 saturated heterocycles. The summed E-state index contributed by atoms with van der Waals surface area (Å²) in [6.45, 7) is 0. The first-order valence-electron chi connectivity index (χ1n) is 3.12. The van der Waals surface area contributed by atoms with Crippen molar-refractivity contribution in [1.82, 2.24) is 0 Å². The molecule has 0 spiro atoms. The zero-order valence-electron chi connectivity index (χ0n) is 6.02. The molecule has 0 aliphatic rings. The molecule has 0 saturated carbocycles. The SMILES string of the molecule is O=C(O)C(=O)CSc1ccco1. The molecular weight excluding hydrogens is 180 g/mol. The van der Waals surface area contributed by atoms with Gasteiger partial charge in [0.15, 0.2) is 5.09 Å². The quantitative estimate of drug-likeness (QED) is 0.561. The van der Waals surface area contributed by atoms with Crippen LogP contribution in [0.25, 0.3) is 0 Å². The Hall–Kier alpha value is -1.23. The minimum absolute atomic E-state index is 0.0944. The zero-order chi connectivity index (χ0) is 8.97. The minimum atomic E-state index is -1.41. The van der Waals surface area contributed by atoms with Crippen LogP contribution in [-0.2, 0) is 9.59 Å². The molecule has 0 unspecified atom stereocenters. The Morgan fingerprint density at radius 3 is 2.83 bits per heavy atom. The van der Waals surface area contributed by atoms with Crippen molar-refractivity contribution in [3.05, 3.63) is 18.4 Å². The van der Waals surface area contributed by atoms with Gasteiger partial charge in [0, 0.05) is 0 Å². The largest absolute Gasteiger partial charge is 0.475 e. The Bertz CT molecular complexity index is 278. The molecule has 12 heavy (non-hydrogen) atoms. The molecule has 0 fully saturated rings. The number of carbonyl (C=O) groups excluding carboxylic acids is 1. The van der Waals surface area contributed by atoms with E-state index in [1.165, 1.54) is 6.26 Å². The molecule has 0 aromatic carbocycles. The summed E-state index contributed by atoms with van der Waals surface area (Å²) in [5.74, 6) is -2.33. The average molecular weight is 186 g/mol. The van der Waals surface area contributed by atoms with Gasteiger partial charge in [0.05, 0.1) is 12.0 Å². The fourth-order valence-electron chi connectivity index (χ4n) is 0.544. The van der Waals surface area contributed by atoms with Crippen LogP contribution in [0.4, 0.5) is 0 Å². The highest BCUT2D eigenvalue weighted by atomic mass is 32.2. The maximum atomic E-state index is 10.6. The highest BCUT2D eigenvalue weighted by Gasteiger charge is 2.11. The number of carboxylic acids is 1. The third-order valence-corrected chi connectivity index (χ3v) is 2.00. The van der Waals surface area contributed by atoms with Crippen molar-refractivity contribution < 1.29 is 19.1 Å². The molecule has 1 heterocycles. The maximum Gasteiger partial charge on any atom is 0.373 e. The van der Waals surface area contributed by atoms with E-state index in [0.717, 1.165) is 11.8 Å². The lowest BCUT2D eigenvalue weighted by Gasteiger charge is -1.91. The Morgan fingerprint density at radius 2 is 2.33 bits per heavy atom. The van der Waals surface area contributed by atoms with Crippen LogP contribution in [0.3, 0.4) is 0 Å². The molecule has 1 rings (SSSR count). The minimum Gasteiger partial charge on any atom is -0.475 e. The van der Waals surface area contributed by atoms with Gasteiger partial charge in [-0.2, -0.15) is 0 Å². The Kier molecular flexibility index (Phi) is 2.93. The number of Topliss-reactive ketones (excluding diaryl/α,β-unsaturated/α-hetero) is 1. The lowest BCUT2D eigenvalue weighted by atomic mass is 10.5. The normalized spacial score (nSPS) is 9.67. The van der Waals surface area contributed by atoms with Crippen LogP contribution in [0.1, 0.15) is 0 Å². The molecule has 5 heteroatoms. The molecule has 4 nitrogen and oxygen atoms in total. The van der Waals surface area contributed by atoms with Crippen LogP contribution in [0, 0.1) is 0 Å². The third kappa shape index (κ3) is 2.43. The molecule has 0 aliphatic carbocycles. The van der Waals surface area contributed by atoms with Crippen LogP contribution in [0.2, 0.25) is 0 Å². The van der Waals surface area contributed by atoms with Gasteiger partial charge in [-0.15, -0.1) is 0 Å². The molecular formula is C7H6O4S. The van der Waals surface area contributed by atoms with Crippen molar-refractivity contribution in [3.63, 3.8) is 0 Å². The molecule has 0 bridgehead atoms. The van der Waals surface area contributed by atoms with E-state index in [1.54, 1.807) is 12.1 Å². The van der Waals surface area contributed by atoms with E-state index in [4.69, 9.17) is 9.52 Å². The number of furan rings is 1. The third-order valence-electron chi connectivity index (χ3n) is 1.08. The molecule has 64 valence electrons. The number of ketones is 1. The first-order valence-corrected chi connectivity index (χ1v) is 4.11. The predicted octanol–water partition coefficient (Wildman–Crippen LogP) is 1.03. The van der Waals surface area contributed by atoms with E-state index < -0.39 is 11.8 Å². The van der Waals surface area contributed by atoms with Gasteiger partial charge in [-0.3, -0.25) is 4.79 Å². The van der Waals surface area contributed by atoms with E-state index in [9.17, 15) is 9.59 Å². The summed E-state index contributed by atoms with van der Waals surface area (Å²) in [5, 5.41) is 8.76. The second-order valence-corrected chi connectivity index (χ2v) is 2.93. The van der Waals surface area contributed by atoms with Crippen LogP contribution >= 0.6 is 11.8 Å². The van der Waals surface area contributed by atoms with Gasteiger partial charge in [-0.25, -0.2) is 4.79 Å². The van der Waals surface area contributed by atoms with Gasteiger partial charge in [0.2, 0.25) is 5.78 Å². The summed E-state index contributed by atoms with van der Waals surface area (Å²) >= 11 is 1.07. The van der Waals surface area contributed by atoms with Gasteiger partial charge >= 0.3 is 5.97 Å². The van der Waals surface area contributed by atoms with Gasteiger partial charge in [-0.1, -0.05) is 11.8 Å². The average Bonchev–Trinajstić information content (AvgIpc) is 2.51. The highest BCUT2D eigenvalue weighted by molar-refractivity contribution is 7.99. The van der Waals surface area contributed by atoms with Gasteiger partial charge in [-0.05, 0) is 12.1 Å². The van der Waals surface area contributed by atoms with Crippen molar-refractivity contribution in [2.24, 2.45) is 0 Å². The first kappa shape index (κ1) is 8.86. The van der Waals surface area contributed by atoms with E-state index >= 15 is 0 Å².